The highest BCUT2D eigenvalue weighted by atomic mass is 32.2. The molecule has 2 fully saturated rings. The number of carbonyl (C=O) groups is 2. The lowest BCUT2D eigenvalue weighted by molar-refractivity contribution is -0.119. The van der Waals surface area contributed by atoms with Crippen LogP contribution in [0.25, 0.3) is 11.0 Å². The fourth-order valence-corrected chi connectivity index (χ4v) is 4.17. The van der Waals surface area contributed by atoms with Crippen molar-refractivity contribution in [1.82, 2.24) is 30.2 Å². The number of aromatic nitrogens is 4. The molecule has 31 heavy (non-hydrogen) atoms. The monoisotopic (exact) mass is 446 g/mol. The Labute approximate surface area is 182 Å². The van der Waals surface area contributed by atoms with Gasteiger partial charge in [-0.3, -0.25) is 24.5 Å². The zero-order valence-corrected chi connectivity index (χ0v) is 18.8. The van der Waals surface area contributed by atoms with Crippen LogP contribution in [0.3, 0.4) is 0 Å². The Hall–Kier alpha value is -2.69. The Morgan fingerprint density at radius 2 is 1.84 bits per heavy atom. The van der Waals surface area contributed by atoms with Gasteiger partial charge in [0.25, 0.3) is 5.56 Å². The van der Waals surface area contributed by atoms with Crippen molar-refractivity contribution in [2.45, 2.75) is 81.2 Å². The molecular weight excluding hydrogens is 420 g/mol. The minimum atomic E-state index is -0.698. The molecule has 2 aliphatic rings. The lowest BCUT2D eigenvalue weighted by Gasteiger charge is -2.21. The van der Waals surface area contributed by atoms with Gasteiger partial charge >= 0.3 is 11.7 Å². The predicted molar refractivity (Wildman–Crippen MR) is 116 cm³/mol. The summed E-state index contributed by atoms with van der Waals surface area (Å²) in [5.74, 6) is 0.290. The second-order valence-electron chi connectivity index (χ2n) is 9.17. The number of nitrogens with zero attached hydrogens (tertiary/aromatic N) is 3. The Kier molecular flexibility index (Phi) is 5.40. The Morgan fingerprint density at radius 3 is 2.42 bits per heavy atom. The zero-order chi connectivity index (χ0) is 22.5. The average Bonchev–Trinajstić information content (AvgIpc) is 3.51. The van der Waals surface area contributed by atoms with Crippen LogP contribution in [0.1, 0.15) is 71.2 Å². The highest BCUT2D eigenvalue weighted by Crippen LogP contribution is 2.41. The number of thioether (sulfide) groups is 1. The molecule has 2 saturated carbocycles. The van der Waals surface area contributed by atoms with E-state index in [9.17, 15) is 19.2 Å². The summed E-state index contributed by atoms with van der Waals surface area (Å²) >= 11 is 1.08. The van der Waals surface area contributed by atoms with Crippen molar-refractivity contribution in [3.8, 4) is 0 Å². The maximum Gasteiger partial charge on any atom is 0.330 e. The number of nitrogens with one attached hydrogen (secondary N) is 3. The molecule has 0 saturated heterocycles. The summed E-state index contributed by atoms with van der Waals surface area (Å²) in [6.07, 6.45) is 3.62. The lowest BCUT2D eigenvalue weighted by Crippen LogP contribution is -2.49. The number of fused-ring (bicyclic) bond motifs is 1. The third-order valence-corrected chi connectivity index (χ3v) is 6.09. The predicted octanol–water partition coefficient (Wildman–Crippen LogP) is 1.80. The second kappa shape index (κ2) is 7.77. The van der Waals surface area contributed by atoms with Crippen LogP contribution in [0, 0.1) is 0 Å². The number of amides is 3. The molecule has 2 aromatic heterocycles. The molecule has 0 spiro atoms. The van der Waals surface area contributed by atoms with E-state index in [1.807, 2.05) is 20.8 Å². The molecule has 0 aliphatic heterocycles. The minimum absolute atomic E-state index is 0.0217. The third-order valence-electron chi connectivity index (χ3n) is 5.01. The minimum Gasteiger partial charge on any atom is -0.333 e. The van der Waals surface area contributed by atoms with E-state index in [0.29, 0.717) is 16.5 Å². The van der Waals surface area contributed by atoms with Gasteiger partial charge in [-0.25, -0.2) is 19.6 Å². The zero-order valence-electron chi connectivity index (χ0n) is 17.9. The fourth-order valence-electron chi connectivity index (χ4n) is 3.22. The van der Waals surface area contributed by atoms with Gasteiger partial charge in [-0.05, 0) is 53.4 Å². The van der Waals surface area contributed by atoms with Crippen LogP contribution < -0.4 is 21.9 Å². The molecule has 11 heteroatoms. The third kappa shape index (κ3) is 4.81. The molecule has 2 heterocycles. The van der Waals surface area contributed by atoms with Crippen molar-refractivity contribution < 1.29 is 9.59 Å². The molecule has 4 rings (SSSR count). The van der Waals surface area contributed by atoms with Crippen LogP contribution in [-0.2, 0) is 4.79 Å². The molecule has 2 aliphatic carbocycles. The van der Waals surface area contributed by atoms with Crippen LogP contribution in [0.5, 0.6) is 0 Å². The molecule has 0 radical (unpaired) electrons. The van der Waals surface area contributed by atoms with Crippen molar-refractivity contribution in [3.05, 3.63) is 26.7 Å². The van der Waals surface area contributed by atoms with Crippen molar-refractivity contribution in [2.24, 2.45) is 0 Å². The van der Waals surface area contributed by atoms with Gasteiger partial charge in [0, 0.05) is 17.5 Å². The number of hydrogen-bond donors (Lipinski definition) is 3. The smallest absolute Gasteiger partial charge is 0.330 e. The van der Waals surface area contributed by atoms with Crippen LogP contribution >= 0.6 is 11.8 Å². The first kappa shape index (κ1) is 21.5. The number of urea groups is 1. The number of carbonyl (C=O) groups excluding carboxylic acids is 2. The highest BCUT2D eigenvalue weighted by molar-refractivity contribution is 8.00. The van der Waals surface area contributed by atoms with Gasteiger partial charge in [0.1, 0.15) is 16.2 Å². The molecule has 0 unspecified atom stereocenters. The second-order valence-corrected chi connectivity index (χ2v) is 10.5. The highest BCUT2D eigenvalue weighted by Gasteiger charge is 2.33. The number of hydrogen-bond acceptors (Lipinski definition) is 7. The molecule has 10 nitrogen and oxygen atoms in total. The van der Waals surface area contributed by atoms with Crippen molar-refractivity contribution in [1.29, 1.82) is 0 Å². The van der Waals surface area contributed by atoms with E-state index in [1.165, 1.54) is 4.57 Å². The molecule has 3 amide bonds. The Morgan fingerprint density at radius 1 is 1.16 bits per heavy atom. The summed E-state index contributed by atoms with van der Waals surface area (Å²) in [6.45, 7) is 7.08. The number of imide groups is 1. The first-order chi connectivity index (χ1) is 14.5. The maximum absolute atomic E-state index is 12.7. The van der Waals surface area contributed by atoms with E-state index in [2.05, 4.69) is 25.6 Å². The van der Waals surface area contributed by atoms with Crippen LogP contribution in [0.15, 0.2) is 14.6 Å². The van der Waals surface area contributed by atoms with Gasteiger partial charge in [-0.1, -0.05) is 11.8 Å². The van der Waals surface area contributed by atoms with Crippen molar-refractivity contribution >= 4 is 34.7 Å². The summed E-state index contributed by atoms with van der Waals surface area (Å²) in [7, 11) is 0. The van der Waals surface area contributed by atoms with E-state index in [0.717, 1.165) is 37.4 Å². The van der Waals surface area contributed by atoms with Crippen molar-refractivity contribution in [3.63, 3.8) is 0 Å². The van der Waals surface area contributed by atoms with Gasteiger partial charge in [0.05, 0.1) is 5.25 Å². The SMILES string of the molecule is C[C@H](Sc1nc(C2CC2)nc2c1c(=O)[nH]c(=O)n2C1CC1)C(=O)NC(=O)NC(C)(C)C. The van der Waals surface area contributed by atoms with Gasteiger partial charge in [0.2, 0.25) is 5.91 Å². The number of rotatable bonds is 5. The van der Waals surface area contributed by atoms with E-state index in [4.69, 9.17) is 0 Å². The summed E-state index contributed by atoms with van der Waals surface area (Å²) in [5.41, 5.74) is -1.20. The summed E-state index contributed by atoms with van der Waals surface area (Å²) < 4.78 is 1.54. The first-order valence-electron chi connectivity index (χ1n) is 10.4. The molecular formula is C20H26N6O4S. The Balaban J connectivity index is 1.68. The molecule has 3 N–H and O–H groups in total. The topological polar surface area (TPSA) is 139 Å². The van der Waals surface area contributed by atoms with E-state index >= 15 is 0 Å². The quantitative estimate of drug-likeness (QED) is 0.470. The van der Waals surface area contributed by atoms with Crippen LogP contribution in [0.2, 0.25) is 0 Å². The molecule has 1 atom stereocenters. The van der Waals surface area contributed by atoms with Gasteiger partial charge in [-0.15, -0.1) is 0 Å². The number of aromatic amines is 1. The molecule has 0 bridgehead atoms. The van der Waals surface area contributed by atoms with Crippen LogP contribution in [-0.4, -0.2) is 42.2 Å². The van der Waals surface area contributed by atoms with Crippen LogP contribution in [0.4, 0.5) is 4.79 Å². The lowest BCUT2D eigenvalue weighted by atomic mass is 10.1. The summed E-state index contributed by atoms with van der Waals surface area (Å²) in [4.78, 5) is 61.2. The normalized spacial score (nSPS) is 17.4. The maximum atomic E-state index is 12.7. The summed E-state index contributed by atoms with van der Waals surface area (Å²) in [5, 5.41) is 4.86. The largest absolute Gasteiger partial charge is 0.333 e. The average molecular weight is 447 g/mol. The standard InChI is InChI=1S/C20H26N6O4S/c1-9(15(27)23-18(29)25-20(2,3)4)31-17-12-14(21-13(22-17)10-5-6-10)26(11-7-8-11)19(30)24-16(12)28/h9-11H,5-8H2,1-4H3,(H,24,28,30)(H2,23,25,27,29)/t9-/m0/s1. The molecule has 166 valence electrons. The fraction of sp³-hybridized carbons (Fsp3) is 0.600. The van der Waals surface area contributed by atoms with Gasteiger partial charge in [0.15, 0.2) is 5.65 Å². The van der Waals surface area contributed by atoms with Crippen molar-refractivity contribution in [2.75, 3.05) is 0 Å². The molecule has 2 aromatic rings. The number of H-pyrrole nitrogens is 1. The van der Waals surface area contributed by atoms with E-state index < -0.39 is 34.0 Å². The van der Waals surface area contributed by atoms with Gasteiger partial charge in [-0.2, -0.15) is 0 Å². The molecule has 0 aromatic carbocycles. The van der Waals surface area contributed by atoms with E-state index in [1.54, 1.807) is 6.92 Å². The Bertz CT molecular complexity index is 1170. The summed E-state index contributed by atoms with van der Waals surface area (Å²) in [6, 6.07) is -0.565. The van der Waals surface area contributed by atoms with Gasteiger partial charge < -0.3 is 5.32 Å². The first-order valence-corrected chi connectivity index (χ1v) is 11.3. The van der Waals surface area contributed by atoms with E-state index in [-0.39, 0.29) is 17.3 Å².